The van der Waals surface area contributed by atoms with Crippen molar-refractivity contribution in [3.8, 4) is 0 Å². The Hall–Kier alpha value is -1.95. The van der Waals surface area contributed by atoms with Crippen molar-refractivity contribution in [3.63, 3.8) is 0 Å². The zero-order valence-electron chi connectivity index (χ0n) is 10.8. The molecule has 100 valence electrons. The van der Waals surface area contributed by atoms with Crippen molar-refractivity contribution < 1.29 is 4.79 Å². The molecule has 1 atom stereocenters. The Bertz CT molecular complexity index is 582. The Labute approximate surface area is 116 Å². The van der Waals surface area contributed by atoms with E-state index >= 15 is 0 Å². The average Bonchev–Trinajstić information content (AvgIpc) is 2.74. The number of nitrogen functional groups attached to an aromatic ring is 1. The summed E-state index contributed by atoms with van der Waals surface area (Å²) in [5, 5.41) is 6.71. The van der Waals surface area contributed by atoms with Crippen molar-refractivity contribution >= 4 is 29.0 Å². The van der Waals surface area contributed by atoms with Crippen LogP contribution in [0, 0.1) is 0 Å². The number of thioether (sulfide) groups is 1. The van der Waals surface area contributed by atoms with Gasteiger partial charge in [-0.3, -0.25) is 9.48 Å². The van der Waals surface area contributed by atoms with Crippen LogP contribution in [-0.4, -0.2) is 20.9 Å². The van der Waals surface area contributed by atoms with Gasteiger partial charge >= 0.3 is 0 Å². The van der Waals surface area contributed by atoms with Crippen LogP contribution in [0.25, 0.3) is 0 Å². The Morgan fingerprint density at radius 2 is 2.32 bits per heavy atom. The molecule has 1 heterocycles. The molecule has 0 aliphatic carbocycles. The average molecular weight is 276 g/mol. The van der Waals surface area contributed by atoms with E-state index in [-0.39, 0.29) is 11.2 Å². The van der Waals surface area contributed by atoms with Gasteiger partial charge < -0.3 is 11.1 Å². The fourth-order valence-electron chi connectivity index (χ4n) is 1.58. The van der Waals surface area contributed by atoms with Gasteiger partial charge in [-0.25, -0.2) is 0 Å². The van der Waals surface area contributed by atoms with Gasteiger partial charge in [0, 0.05) is 29.5 Å². The lowest BCUT2D eigenvalue weighted by molar-refractivity contribution is -0.115. The number of carbonyl (C=O) groups excluding carboxylic acids is 1. The first kappa shape index (κ1) is 13.5. The number of rotatable bonds is 4. The number of anilines is 2. The minimum absolute atomic E-state index is 0.0561. The third-order valence-corrected chi connectivity index (χ3v) is 3.57. The number of nitrogens with two attached hydrogens (primary N) is 1. The summed E-state index contributed by atoms with van der Waals surface area (Å²) in [6.45, 7) is 1.86. The first-order valence-electron chi connectivity index (χ1n) is 5.86. The van der Waals surface area contributed by atoms with E-state index in [1.165, 1.54) is 11.8 Å². The van der Waals surface area contributed by atoms with Crippen molar-refractivity contribution in [2.75, 3.05) is 11.1 Å². The summed E-state index contributed by atoms with van der Waals surface area (Å²) < 4.78 is 1.71. The standard InChI is InChI=1S/C13H16N4OS/c1-9(19-12-7-15-17(2)8-12)13(18)16-11-5-3-4-10(14)6-11/h3-9H,14H2,1-2H3,(H,16,18). The Balaban J connectivity index is 1.96. The summed E-state index contributed by atoms with van der Waals surface area (Å²) in [7, 11) is 1.85. The molecule has 0 spiro atoms. The smallest absolute Gasteiger partial charge is 0.237 e. The highest BCUT2D eigenvalue weighted by atomic mass is 32.2. The van der Waals surface area contributed by atoms with Crippen molar-refractivity contribution in [2.24, 2.45) is 7.05 Å². The molecule has 0 aliphatic heterocycles. The minimum Gasteiger partial charge on any atom is -0.399 e. The van der Waals surface area contributed by atoms with Crippen LogP contribution in [0.3, 0.4) is 0 Å². The SMILES string of the molecule is CC(Sc1cnn(C)c1)C(=O)Nc1cccc(N)c1. The zero-order chi connectivity index (χ0) is 13.8. The highest BCUT2D eigenvalue weighted by Gasteiger charge is 2.15. The maximum atomic E-state index is 12.0. The van der Waals surface area contributed by atoms with E-state index in [1.807, 2.05) is 32.3 Å². The molecule has 0 bridgehead atoms. The molecule has 19 heavy (non-hydrogen) atoms. The maximum Gasteiger partial charge on any atom is 0.237 e. The molecule has 2 rings (SSSR count). The molecule has 1 unspecified atom stereocenters. The van der Waals surface area contributed by atoms with Crippen LogP contribution in [0.15, 0.2) is 41.6 Å². The lowest BCUT2D eigenvalue weighted by atomic mass is 10.3. The first-order valence-corrected chi connectivity index (χ1v) is 6.74. The summed E-state index contributed by atoms with van der Waals surface area (Å²) in [5.74, 6) is -0.0561. The highest BCUT2D eigenvalue weighted by Crippen LogP contribution is 2.23. The number of aryl methyl sites for hydroxylation is 1. The van der Waals surface area contributed by atoms with Crippen molar-refractivity contribution in [1.82, 2.24) is 9.78 Å². The Kier molecular flexibility index (Phi) is 4.11. The van der Waals surface area contributed by atoms with Gasteiger partial charge in [-0.1, -0.05) is 6.07 Å². The molecule has 0 saturated heterocycles. The van der Waals surface area contributed by atoms with Crippen LogP contribution in [0.4, 0.5) is 11.4 Å². The third kappa shape index (κ3) is 3.75. The van der Waals surface area contributed by atoms with Gasteiger partial charge in [-0.15, -0.1) is 11.8 Å². The van der Waals surface area contributed by atoms with Crippen LogP contribution >= 0.6 is 11.8 Å². The fourth-order valence-corrected chi connectivity index (χ4v) is 2.47. The van der Waals surface area contributed by atoms with E-state index in [2.05, 4.69) is 10.4 Å². The van der Waals surface area contributed by atoms with Gasteiger partial charge in [0.15, 0.2) is 0 Å². The lowest BCUT2D eigenvalue weighted by Gasteiger charge is -2.11. The normalized spacial score (nSPS) is 12.1. The number of amides is 1. The van der Waals surface area contributed by atoms with E-state index in [9.17, 15) is 4.79 Å². The lowest BCUT2D eigenvalue weighted by Crippen LogP contribution is -2.22. The van der Waals surface area contributed by atoms with Gasteiger partial charge in [0.25, 0.3) is 0 Å². The van der Waals surface area contributed by atoms with Gasteiger partial charge in [0.1, 0.15) is 0 Å². The van der Waals surface area contributed by atoms with Gasteiger partial charge in [-0.2, -0.15) is 5.10 Å². The van der Waals surface area contributed by atoms with Gasteiger partial charge in [0.05, 0.1) is 11.4 Å². The molecule has 1 aromatic carbocycles. The molecule has 6 heteroatoms. The number of hydrogen-bond acceptors (Lipinski definition) is 4. The number of nitrogens with one attached hydrogen (secondary N) is 1. The second-order valence-corrected chi connectivity index (χ2v) is 5.64. The highest BCUT2D eigenvalue weighted by molar-refractivity contribution is 8.00. The van der Waals surface area contributed by atoms with E-state index in [0.29, 0.717) is 11.4 Å². The van der Waals surface area contributed by atoms with E-state index < -0.39 is 0 Å². The molecular weight excluding hydrogens is 260 g/mol. The predicted molar refractivity (Wildman–Crippen MR) is 78.0 cm³/mol. The van der Waals surface area contributed by atoms with Gasteiger partial charge in [-0.05, 0) is 25.1 Å². The molecule has 3 N–H and O–H groups in total. The Morgan fingerprint density at radius 1 is 1.53 bits per heavy atom. The summed E-state index contributed by atoms with van der Waals surface area (Å²) >= 11 is 1.47. The van der Waals surface area contributed by atoms with Gasteiger partial charge in [0.2, 0.25) is 5.91 Å². The topological polar surface area (TPSA) is 72.9 Å². The molecule has 0 fully saturated rings. The molecule has 0 radical (unpaired) electrons. The Morgan fingerprint density at radius 3 is 2.95 bits per heavy atom. The van der Waals surface area contributed by atoms with E-state index in [4.69, 9.17) is 5.73 Å². The number of aromatic nitrogens is 2. The number of benzene rings is 1. The molecule has 2 aromatic rings. The molecule has 1 amide bonds. The summed E-state index contributed by atoms with van der Waals surface area (Å²) in [4.78, 5) is 13.0. The summed E-state index contributed by atoms with van der Waals surface area (Å²) in [6, 6.07) is 7.14. The van der Waals surface area contributed by atoms with Crippen molar-refractivity contribution in [1.29, 1.82) is 0 Å². The monoisotopic (exact) mass is 276 g/mol. The molecule has 1 aromatic heterocycles. The van der Waals surface area contributed by atoms with E-state index in [1.54, 1.807) is 23.0 Å². The molecule has 0 aliphatic rings. The summed E-state index contributed by atoms with van der Waals surface area (Å²) in [5.41, 5.74) is 7.01. The second kappa shape index (κ2) is 5.79. The molecule has 5 nitrogen and oxygen atoms in total. The van der Waals surface area contributed by atoms with Crippen LogP contribution < -0.4 is 11.1 Å². The van der Waals surface area contributed by atoms with Crippen LogP contribution in [0.1, 0.15) is 6.92 Å². The summed E-state index contributed by atoms with van der Waals surface area (Å²) in [6.07, 6.45) is 3.63. The number of hydrogen-bond donors (Lipinski definition) is 2. The first-order chi connectivity index (χ1) is 9.04. The van der Waals surface area contributed by atoms with Crippen LogP contribution in [0.2, 0.25) is 0 Å². The quantitative estimate of drug-likeness (QED) is 0.662. The number of nitrogens with zero attached hydrogens (tertiary/aromatic N) is 2. The zero-order valence-corrected chi connectivity index (χ0v) is 11.6. The van der Waals surface area contributed by atoms with Crippen LogP contribution in [0.5, 0.6) is 0 Å². The van der Waals surface area contributed by atoms with Crippen LogP contribution in [-0.2, 0) is 11.8 Å². The second-order valence-electron chi connectivity index (χ2n) is 4.22. The number of carbonyl (C=O) groups is 1. The van der Waals surface area contributed by atoms with Crippen molar-refractivity contribution in [2.45, 2.75) is 17.1 Å². The predicted octanol–water partition coefficient (Wildman–Crippen LogP) is 2.12. The third-order valence-electron chi connectivity index (χ3n) is 2.52. The van der Waals surface area contributed by atoms with E-state index in [0.717, 1.165) is 4.90 Å². The molecule has 0 saturated carbocycles. The largest absolute Gasteiger partial charge is 0.399 e. The minimum atomic E-state index is -0.203. The maximum absolute atomic E-state index is 12.0. The fraction of sp³-hybridized carbons (Fsp3) is 0.231. The van der Waals surface area contributed by atoms with Crippen molar-refractivity contribution in [3.05, 3.63) is 36.7 Å². The molecular formula is C13H16N4OS.